The van der Waals surface area contributed by atoms with Gasteiger partial charge in [-0.15, -0.1) is 0 Å². The Morgan fingerprint density at radius 1 is 1.36 bits per heavy atom. The highest BCUT2D eigenvalue weighted by molar-refractivity contribution is 4.74. The Labute approximate surface area is 87.4 Å². The highest BCUT2D eigenvalue weighted by Gasteiger charge is 2.19. The first kappa shape index (κ1) is 12.0. The van der Waals surface area contributed by atoms with Crippen LogP contribution in [0.1, 0.15) is 46.0 Å². The van der Waals surface area contributed by atoms with Crippen molar-refractivity contribution in [3.8, 4) is 0 Å². The van der Waals surface area contributed by atoms with Crippen molar-refractivity contribution in [1.29, 1.82) is 0 Å². The van der Waals surface area contributed by atoms with Gasteiger partial charge >= 0.3 is 0 Å². The summed E-state index contributed by atoms with van der Waals surface area (Å²) >= 11 is 0. The van der Waals surface area contributed by atoms with Crippen molar-refractivity contribution in [2.75, 3.05) is 6.61 Å². The maximum absolute atomic E-state index is 5.56. The van der Waals surface area contributed by atoms with Gasteiger partial charge in [0.2, 0.25) is 0 Å². The summed E-state index contributed by atoms with van der Waals surface area (Å²) in [6, 6.07) is 0.334. The van der Waals surface area contributed by atoms with Crippen LogP contribution in [0.2, 0.25) is 0 Å². The van der Waals surface area contributed by atoms with E-state index in [9.17, 15) is 0 Å². The molecular formula is C11H24N2O. The summed E-state index contributed by atoms with van der Waals surface area (Å²) in [6.45, 7) is 4.86. The Kier molecular flexibility index (Phi) is 5.45. The van der Waals surface area contributed by atoms with Gasteiger partial charge in [-0.25, -0.2) is 0 Å². The standard InChI is InChI=1S/C11H24N2O/c1-9(2)14-8-11(13-12)7-10-5-3-4-6-10/h9-11,13H,3-8,12H2,1-2H3. The fraction of sp³-hybridized carbons (Fsp3) is 1.00. The second-order valence-electron chi connectivity index (χ2n) is 4.63. The minimum absolute atomic E-state index is 0.300. The van der Waals surface area contributed by atoms with E-state index >= 15 is 0 Å². The Balaban J connectivity index is 2.16. The van der Waals surface area contributed by atoms with Crippen LogP contribution in [-0.2, 0) is 4.74 Å². The first-order chi connectivity index (χ1) is 6.72. The number of hydrogen-bond acceptors (Lipinski definition) is 3. The molecule has 0 aromatic carbocycles. The minimum atomic E-state index is 0.300. The van der Waals surface area contributed by atoms with Crippen LogP contribution in [0.4, 0.5) is 0 Å². The lowest BCUT2D eigenvalue weighted by Gasteiger charge is -2.20. The number of rotatable bonds is 6. The molecule has 0 radical (unpaired) electrons. The molecule has 1 unspecified atom stereocenters. The van der Waals surface area contributed by atoms with Crippen molar-refractivity contribution in [3.05, 3.63) is 0 Å². The van der Waals surface area contributed by atoms with Crippen molar-refractivity contribution < 1.29 is 4.74 Å². The average molecular weight is 200 g/mol. The molecule has 1 rings (SSSR count). The number of hydrazine groups is 1. The smallest absolute Gasteiger partial charge is 0.0636 e. The van der Waals surface area contributed by atoms with E-state index in [0.29, 0.717) is 12.1 Å². The average Bonchev–Trinajstić information content (AvgIpc) is 2.64. The van der Waals surface area contributed by atoms with Crippen LogP contribution in [0.15, 0.2) is 0 Å². The molecular weight excluding hydrogens is 176 g/mol. The Morgan fingerprint density at radius 2 is 2.00 bits per heavy atom. The topological polar surface area (TPSA) is 47.3 Å². The van der Waals surface area contributed by atoms with Gasteiger partial charge in [-0.05, 0) is 26.2 Å². The summed E-state index contributed by atoms with van der Waals surface area (Å²) in [4.78, 5) is 0. The Morgan fingerprint density at radius 3 is 2.50 bits per heavy atom. The van der Waals surface area contributed by atoms with Crippen molar-refractivity contribution >= 4 is 0 Å². The molecule has 0 heterocycles. The number of nitrogens with one attached hydrogen (secondary N) is 1. The van der Waals surface area contributed by atoms with Gasteiger partial charge in [0, 0.05) is 6.04 Å². The highest BCUT2D eigenvalue weighted by Crippen LogP contribution is 2.28. The van der Waals surface area contributed by atoms with E-state index < -0.39 is 0 Å². The lowest BCUT2D eigenvalue weighted by atomic mass is 9.99. The molecule has 3 nitrogen and oxygen atoms in total. The van der Waals surface area contributed by atoms with Gasteiger partial charge < -0.3 is 4.74 Å². The van der Waals surface area contributed by atoms with Crippen molar-refractivity contribution in [2.45, 2.75) is 58.1 Å². The van der Waals surface area contributed by atoms with Gasteiger partial charge in [0.15, 0.2) is 0 Å². The quantitative estimate of drug-likeness (QED) is 0.508. The third kappa shape index (κ3) is 4.40. The predicted octanol–water partition coefficient (Wildman–Crippen LogP) is 1.82. The van der Waals surface area contributed by atoms with Gasteiger partial charge in [0.1, 0.15) is 0 Å². The lowest BCUT2D eigenvalue weighted by Crippen LogP contribution is -2.40. The molecule has 0 aromatic heterocycles. The van der Waals surface area contributed by atoms with E-state index in [1.807, 2.05) is 0 Å². The second kappa shape index (κ2) is 6.38. The maximum atomic E-state index is 5.56. The van der Waals surface area contributed by atoms with E-state index in [4.69, 9.17) is 10.6 Å². The van der Waals surface area contributed by atoms with Crippen LogP contribution in [0.3, 0.4) is 0 Å². The zero-order chi connectivity index (χ0) is 10.4. The van der Waals surface area contributed by atoms with E-state index in [1.54, 1.807) is 0 Å². The zero-order valence-corrected chi connectivity index (χ0v) is 9.46. The van der Waals surface area contributed by atoms with Crippen LogP contribution in [0, 0.1) is 5.92 Å². The van der Waals surface area contributed by atoms with Crippen molar-refractivity contribution in [1.82, 2.24) is 5.43 Å². The second-order valence-corrected chi connectivity index (χ2v) is 4.63. The van der Waals surface area contributed by atoms with E-state index in [-0.39, 0.29) is 0 Å². The molecule has 1 fully saturated rings. The van der Waals surface area contributed by atoms with E-state index in [2.05, 4.69) is 19.3 Å². The monoisotopic (exact) mass is 200 g/mol. The summed E-state index contributed by atoms with van der Waals surface area (Å²) in [5, 5.41) is 0. The molecule has 0 aromatic rings. The number of hydrogen-bond donors (Lipinski definition) is 2. The fourth-order valence-electron chi connectivity index (χ4n) is 2.14. The van der Waals surface area contributed by atoms with Gasteiger partial charge in [0.25, 0.3) is 0 Å². The third-order valence-corrected chi connectivity index (χ3v) is 2.96. The van der Waals surface area contributed by atoms with Gasteiger partial charge in [-0.3, -0.25) is 11.3 Å². The highest BCUT2D eigenvalue weighted by atomic mass is 16.5. The predicted molar refractivity (Wildman–Crippen MR) is 58.8 cm³/mol. The number of nitrogens with two attached hydrogens (primary N) is 1. The first-order valence-electron chi connectivity index (χ1n) is 5.80. The number of ether oxygens (including phenoxy) is 1. The first-order valence-corrected chi connectivity index (χ1v) is 5.80. The zero-order valence-electron chi connectivity index (χ0n) is 9.46. The third-order valence-electron chi connectivity index (χ3n) is 2.96. The molecule has 0 amide bonds. The summed E-state index contributed by atoms with van der Waals surface area (Å²) in [5.41, 5.74) is 2.86. The molecule has 1 saturated carbocycles. The molecule has 0 bridgehead atoms. The molecule has 1 atom stereocenters. The molecule has 3 N–H and O–H groups in total. The van der Waals surface area contributed by atoms with Crippen LogP contribution < -0.4 is 11.3 Å². The summed E-state index contributed by atoms with van der Waals surface area (Å²) in [6.07, 6.45) is 7.01. The molecule has 3 heteroatoms. The van der Waals surface area contributed by atoms with Gasteiger partial charge in [0.05, 0.1) is 12.7 Å². The van der Waals surface area contributed by atoms with E-state index in [0.717, 1.165) is 12.5 Å². The Bertz CT molecular complexity index is 144. The molecule has 1 aliphatic rings. The normalized spacial score (nSPS) is 20.6. The summed E-state index contributed by atoms with van der Waals surface area (Å²) < 4.78 is 5.56. The molecule has 1 aliphatic carbocycles. The minimum Gasteiger partial charge on any atom is -0.377 e. The molecule has 0 aliphatic heterocycles. The summed E-state index contributed by atoms with van der Waals surface area (Å²) in [5.74, 6) is 6.37. The molecule has 0 spiro atoms. The van der Waals surface area contributed by atoms with Crippen LogP contribution >= 0.6 is 0 Å². The Hall–Kier alpha value is -0.120. The van der Waals surface area contributed by atoms with Crippen molar-refractivity contribution in [3.63, 3.8) is 0 Å². The maximum Gasteiger partial charge on any atom is 0.0636 e. The SMILES string of the molecule is CC(C)OCC(CC1CCCC1)NN. The van der Waals surface area contributed by atoms with Crippen LogP contribution in [0.5, 0.6) is 0 Å². The molecule has 84 valence electrons. The largest absolute Gasteiger partial charge is 0.377 e. The van der Waals surface area contributed by atoms with Crippen LogP contribution in [0.25, 0.3) is 0 Å². The molecule has 0 saturated heterocycles. The van der Waals surface area contributed by atoms with E-state index in [1.165, 1.54) is 32.1 Å². The summed E-state index contributed by atoms with van der Waals surface area (Å²) in [7, 11) is 0. The fourth-order valence-corrected chi connectivity index (χ4v) is 2.14. The van der Waals surface area contributed by atoms with Gasteiger partial charge in [-0.2, -0.15) is 0 Å². The molecule has 14 heavy (non-hydrogen) atoms. The van der Waals surface area contributed by atoms with Gasteiger partial charge in [-0.1, -0.05) is 25.7 Å². The van der Waals surface area contributed by atoms with Crippen LogP contribution in [-0.4, -0.2) is 18.8 Å². The van der Waals surface area contributed by atoms with Crippen molar-refractivity contribution in [2.24, 2.45) is 11.8 Å². The lowest BCUT2D eigenvalue weighted by molar-refractivity contribution is 0.0562.